The highest BCUT2D eigenvalue weighted by Gasteiger charge is 2.18. The summed E-state index contributed by atoms with van der Waals surface area (Å²) in [6, 6.07) is 13.9. The molecule has 0 radical (unpaired) electrons. The minimum Gasteiger partial charge on any atom is -0.487 e. The smallest absolute Gasteiger partial charge is 0.262 e. The molecule has 1 amide bonds. The molecule has 174 valence electrons. The van der Waals surface area contributed by atoms with Crippen LogP contribution in [0.25, 0.3) is 4.96 Å². The zero-order chi connectivity index (χ0) is 23.5. The van der Waals surface area contributed by atoms with Gasteiger partial charge in [-0.05, 0) is 62.1 Å². The summed E-state index contributed by atoms with van der Waals surface area (Å²) in [5.41, 5.74) is 2.12. The third-order valence-corrected chi connectivity index (χ3v) is 6.65. The minimum absolute atomic E-state index is 0.0785. The van der Waals surface area contributed by atoms with Crippen molar-refractivity contribution >= 4 is 27.9 Å². The summed E-state index contributed by atoms with van der Waals surface area (Å²) in [6.45, 7) is -0.0746. The number of halogens is 1. The van der Waals surface area contributed by atoms with Gasteiger partial charge in [-0.2, -0.15) is 0 Å². The van der Waals surface area contributed by atoms with Gasteiger partial charge >= 0.3 is 0 Å². The van der Waals surface area contributed by atoms with Crippen LogP contribution < -0.4 is 20.3 Å². The van der Waals surface area contributed by atoms with E-state index in [0.29, 0.717) is 27.8 Å². The largest absolute Gasteiger partial charge is 0.487 e. The Labute approximate surface area is 198 Å². The van der Waals surface area contributed by atoms with E-state index in [-0.39, 0.29) is 30.5 Å². The van der Waals surface area contributed by atoms with Crippen LogP contribution in [-0.2, 0) is 24.2 Å². The number of carbonyl (C=O) groups is 1. The monoisotopic (exact) mass is 479 g/mol. The highest BCUT2D eigenvalue weighted by Crippen LogP contribution is 2.28. The topological polar surface area (TPSA) is 81.9 Å². The number of amides is 1. The molecule has 5 rings (SSSR count). The fraction of sp³-hybridized carbons (Fsp3) is 0.240. The molecule has 0 bridgehead atoms. The summed E-state index contributed by atoms with van der Waals surface area (Å²) in [5.74, 6) is 0.206. The van der Waals surface area contributed by atoms with Crippen LogP contribution in [0.4, 0.5) is 10.1 Å². The number of fused-ring (bicyclic) bond motifs is 3. The van der Waals surface area contributed by atoms with Crippen molar-refractivity contribution in [3.63, 3.8) is 0 Å². The van der Waals surface area contributed by atoms with E-state index in [9.17, 15) is 14.0 Å². The average molecular weight is 480 g/mol. The van der Waals surface area contributed by atoms with Gasteiger partial charge in [0.25, 0.3) is 11.5 Å². The van der Waals surface area contributed by atoms with E-state index in [4.69, 9.17) is 9.47 Å². The van der Waals surface area contributed by atoms with Crippen LogP contribution in [0, 0.1) is 5.82 Å². The molecule has 0 fully saturated rings. The quantitative estimate of drug-likeness (QED) is 0.426. The number of anilines is 1. The molecule has 0 saturated carbocycles. The zero-order valence-corrected chi connectivity index (χ0v) is 19.1. The van der Waals surface area contributed by atoms with Gasteiger partial charge in [0.05, 0.1) is 5.69 Å². The second kappa shape index (κ2) is 9.64. The molecule has 4 aromatic rings. The van der Waals surface area contributed by atoms with Crippen LogP contribution in [0.5, 0.6) is 11.5 Å². The van der Waals surface area contributed by atoms with Crippen LogP contribution in [0.2, 0.25) is 0 Å². The Morgan fingerprint density at radius 3 is 2.74 bits per heavy atom. The number of aromatic nitrogens is 2. The summed E-state index contributed by atoms with van der Waals surface area (Å²) >= 11 is 1.58. The lowest BCUT2D eigenvalue weighted by molar-refractivity contribution is -0.118. The van der Waals surface area contributed by atoms with E-state index in [1.165, 1.54) is 35.2 Å². The lowest BCUT2D eigenvalue weighted by atomic mass is 10.0. The third-order valence-electron chi connectivity index (χ3n) is 5.50. The average Bonchev–Trinajstić information content (AvgIpc) is 3.22. The fourth-order valence-corrected chi connectivity index (χ4v) is 5.15. The molecular formula is C25H22FN3O4S. The van der Waals surface area contributed by atoms with Crippen molar-refractivity contribution < 1.29 is 18.7 Å². The van der Waals surface area contributed by atoms with Crippen LogP contribution >= 0.6 is 11.3 Å². The Bertz CT molecular complexity index is 1400. The van der Waals surface area contributed by atoms with E-state index >= 15 is 0 Å². The van der Waals surface area contributed by atoms with Gasteiger partial charge in [0.2, 0.25) is 0 Å². The van der Waals surface area contributed by atoms with Gasteiger partial charge in [-0.15, -0.1) is 11.3 Å². The first-order valence-corrected chi connectivity index (χ1v) is 11.8. The molecule has 0 unspecified atom stereocenters. The van der Waals surface area contributed by atoms with Crippen LogP contribution in [0.3, 0.4) is 0 Å². The molecule has 0 saturated heterocycles. The molecule has 2 aromatic carbocycles. The van der Waals surface area contributed by atoms with Gasteiger partial charge in [0, 0.05) is 28.4 Å². The SMILES string of the molecule is O=C(COc1ccc(F)cc1)Nc1cccc(OCc2cc(=O)n3c4c(sc3n2)CCCC4)c1. The molecule has 2 aromatic heterocycles. The number of aryl methyl sites for hydroxylation is 2. The fourth-order valence-electron chi connectivity index (χ4n) is 3.91. The predicted molar refractivity (Wildman–Crippen MR) is 127 cm³/mol. The molecular weight excluding hydrogens is 457 g/mol. The van der Waals surface area contributed by atoms with Gasteiger partial charge in [-0.1, -0.05) is 6.07 Å². The van der Waals surface area contributed by atoms with Gasteiger partial charge in [0.15, 0.2) is 11.6 Å². The molecule has 1 N–H and O–H groups in total. The summed E-state index contributed by atoms with van der Waals surface area (Å²) < 4.78 is 25.9. The Kier molecular flexibility index (Phi) is 6.27. The number of rotatable bonds is 7. The number of thiazole rings is 1. The highest BCUT2D eigenvalue weighted by molar-refractivity contribution is 7.17. The maximum atomic E-state index is 13.0. The first kappa shape index (κ1) is 22.1. The first-order chi connectivity index (χ1) is 16.5. The van der Waals surface area contributed by atoms with Crippen molar-refractivity contribution in [3.05, 3.63) is 87.0 Å². The molecule has 1 aliphatic rings. The number of carbonyl (C=O) groups excluding carboxylic acids is 1. The first-order valence-electron chi connectivity index (χ1n) is 11.0. The Morgan fingerprint density at radius 1 is 1.06 bits per heavy atom. The van der Waals surface area contributed by atoms with E-state index in [2.05, 4.69) is 10.3 Å². The van der Waals surface area contributed by atoms with Crippen molar-refractivity contribution in [2.24, 2.45) is 0 Å². The Balaban J connectivity index is 1.21. The maximum Gasteiger partial charge on any atom is 0.262 e. The molecule has 0 spiro atoms. The summed E-state index contributed by atoms with van der Waals surface area (Å²) in [7, 11) is 0. The maximum absolute atomic E-state index is 13.0. The molecule has 0 aliphatic heterocycles. The number of ether oxygens (including phenoxy) is 2. The zero-order valence-electron chi connectivity index (χ0n) is 18.3. The molecule has 1 aliphatic carbocycles. The molecule has 9 heteroatoms. The van der Waals surface area contributed by atoms with Gasteiger partial charge in [0.1, 0.15) is 23.9 Å². The second-order valence-corrected chi connectivity index (χ2v) is 9.05. The molecule has 2 heterocycles. The van der Waals surface area contributed by atoms with Crippen molar-refractivity contribution in [3.8, 4) is 11.5 Å². The van der Waals surface area contributed by atoms with E-state index in [1.54, 1.807) is 40.0 Å². The lowest BCUT2D eigenvalue weighted by Gasteiger charge is -2.11. The number of benzene rings is 2. The Hall–Kier alpha value is -3.72. The number of hydrogen-bond donors (Lipinski definition) is 1. The highest BCUT2D eigenvalue weighted by atomic mass is 32.1. The molecule has 7 nitrogen and oxygen atoms in total. The minimum atomic E-state index is -0.372. The van der Waals surface area contributed by atoms with Crippen molar-refractivity contribution in [2.45, 2.75) is 32.3 Å². The van der Waals surface area contributed by atoms with Crippen LogP contribution in [-0.4, -0.2) is 21.9 Å². The van der Waals surface area contributed by atoms with Crippen LogP contribution in [0.15, 0.2) is 59.4 Å². The van der Waals surface area contributed by atoms with E-state index < -0.39 is 0 Å². The Morgan fingerprint density at radius 2 is 1.88 bits per heavy atom. The van der Waals surface area contributed by atoms with Crippen molar-refractivity contribution in [2.75, 3.05) is 11.9 Å². The predicted octanol–water partition coefficient (Wildman–Crippen LogP) is 4.37. The lowest BCUT2D eigenvalue weighted by Crippen LogP contribution is -2.20. The van der Waals surface area contributed by atoms with Gasteiger partial charge in [-0.3, -0.25) is 14.0 Å². The van der Waals surface area contributed by atoms with Crippen molar-refractivity contribution in [1.29, 1.82) is 0 Å². The number of nitrogens with zero attached hydrogens (tertiary/aromatic N) is 2. The summed E-state index contributed by atoms with van der Waals surface area (Å²) in [5, 5.41) is 2.74. The van der Waals surface area contributed by atoms with E-state index in [1.807, 2.05) is 0 Å². The van der Waals surface area contributed by atoms with Gasteiger partial charge < -0.3 is 14.8 Å². The second-order valence-electron chi connectivity index (χ2n) is 7.99. The van der Waals surface area contributed by atoms with Crippen molar-refractivity contribution in [1.82, 2.24) is 9.38 Å². The van der Waals surface area contributed by atoms with Gasteiger partial charge in [-0.25, -0.2) is 9.37 Å². The summed E-state index contributed by atoms with van der Waals surface area (Å²) in [6.07, 6.45) is 4.17. The molecule has 34 heavy (non-hydrogen) atoms. The van der Waals surface area contributed by atoms with E-state index in [0.717, 1.165) is 31.4 Å². The normalized spacial score (nSPS) is 12.9. The summed E-state index contributed by atoms with van der Waals surface area (Å²) in [4.78, 5) is 31.5. The number of nitrogens with one attached hydrogen (secondary N) is 1. The third kappa shape index (κ3) is 4.94. The molecule has 0 atom stereocenters. The number of hydrogen-bond acceptors (Lipinski definition) is 6. The van der Waals surface area contributed by atoms with Crippen LogP contribution in [0.1, 0.15) is 29.1 Å². The standard InChI is InChI=1S/C25H22FN3O4S/c26-16-8-10-19(11-9-16)33-15-23(30)27-17-4-3-5-20(12-17)32-14-18-13-24(31)29-21-6-1-2-7-22(21)34-25(29)28-18/h3-5,8-13H,1-2,6-7,14-15H2,(H,27,30).